The number of ether oxygens (including phenoxy) is 2. The van der Waals surface area contributed by atoms with Gasteiger partial charge in [0.25, 0.3) is 5.91 Å². The van der Waals surface area contributed by atoms with Gasteiger partial charge in [0.1, 0.15) is 17.5 Å². The highest BCUT2D eigenvalue weighted by Gasteiger charge is 2.22. The highest BCUT2D eigenvalue weighted by atomic mass is 16.5. The van der Waals surface area contributed by atoms with E-state index in [0.29, 0.717) is 29.4 Å². The van der Waals surface area contributed by atoms with E-state index in [1.165, 1.54) is 18.1 Å². The summed E-state index contributed by atoms with van der Waals surface area (Å²) in [6.45, 7) is 4.04. The van der Waals surface area contributed by atoms with E-state index in [-0.39, 0.29) is 11.6 Å². The third kappa shape index (κ3) is 4.14. The molecule has 1 N–H and O–H groups in total. The molecule has 0 aliphatic heterocycles. The summed E-state index contributed by atoms with van der Waals surface area (Å²) in [6.07, 6.45) is 0. The molecule has 0 aliphatic rings. The highest BCUT2D eigenvalue weighted by molar-refractivity contribution is 5.96. The van der Waals surface area contributed by atoms with Gasteiger partial charge in [0, 0.05) is 19.7 Å². The Balaban J connectivity index is 2.19. The molecule has 2 aromatic rings. The van der Waals surface area contributed by atoms with E-state index in [1.807, 2.05) is 6.92 Å². The monoisotopic (exact) mass is 361 g/mol. The van der Waals surface area contributed by atoms with Crippen LogP contribution in [0.2, 0.25) is 0 Å². The van der Waals surface area contributed by atoms with Crippen LogP contribution in [0.4, 0.5) is 0 Å². The second-order valence-electron chi connectivity index (χ2n) is 5.69. The van der Waals surface area contributed by atoms with Gasteiger partial charge in [0.15, 0.2) is 11.5 Å². The summed E-state index contributed by atoms with van der Waals surface area (Å²) in [6, 6.07) is 6.04. The first-order chi connectivity index (χ1) is 12.4. The Bertz CT molecular complexity index is 787. The lowest BCUT2D eigenvalue weighted by Gasteiger charge is -2.20. The van der Waals surface area contributed by atoms with Crippen molar-refractivity contribution in [1.29, 1.82) is 0 Å². The Kier molecular flexibility index (Phi) is 6.21. The van der Waals surface area contributed by atoms with Crippen LogP contribution in [-0.2, 0) is 4.79 Å². The van der Waals surface area contributed by atoms with E-state index in [4.69, 9.17) is 14.0 Å². The standard InChI is InChI=1S/C18H23N3O5/c1-6-21(3)18(23)11(2)19-17(22)14-10-16(26-20-14)13-9-12(24-4)7-8-15(13)25-5/h7-11H,6H2,1-5H3,(H,19,22). The van der Waals surface area contributed by atoms with Crippen molar-refractivity contribution in [3.05, 3.63) is 30.0 Å². The lowest BCUT2D eigenvalue weighted by atomic mass is 10.1. The number of carbonyl (C=O) groups is 2. The first-order valence-corrected chi connectivity index (χ1v) is 8.16. The molecule has 0 radical (unpaired) electrons. The Morgan fingerprint density at radius 3 is 2.62 bits per heavy atom. The van der Waals surface area contributed by atoms with Crippen molar-refractivity contribution in [3.63, 3.8) is 0 Å². The average Bonchev–Trinajstić information content (AvgIpc) is 3.16. The Hall–Kier alpha value is -3.03. The van der Waals surface area contributed by atoms with Crippen LogP contribution in [0.5, 0.6) is 11.5 Å². The van der Waals surface area contributed by atoms with Crippen LogP contribution in [0.3, 0.4) is 0 Å². The summed E-state index contributed by atoms with van der Waals surface area (Å²) in [5.74, 6) is 0.855. The Labute approximate surface area is 152 Å². The molecule has 0 spiro atoms. The van der Waals surface area contributed by atoms with Gasteiger partial charge in [-0.15, -0.1) is 0 Å². The van der Waals surface area contributed by atoms with Crippen LogP contribution < -0.4 is 14.8 Å². The number of nitrogens with zero attached hydrogens (tertiary/aromatic N) is 2. The van der Waals surface area contributed by atoms with E-state index < -0.39 is 11.9 Å². The lowest BCUT2D eigenvalue weighted by molar-refractivity contribution is -0.131. The zero-order valence-corrected chi connectivity index (χ0v) is 15.5. The number of rotatable bonds is 7. The van der Waals surface area contributed by atoms with Gasteiger partial charge in [-0.2, -0.15) is 0 Å². The van der Waals surface area contributed by atoms with Crippen molar-refractivity contribution in [1.82, 2.24) is 15.4 Å². The van der Waals surface area contributed by atoms with Crippen molar-refractivity contribution in [2.75, 3.05) is 27.8 Å². The molecule has 140 valence electrons. The number of carbonyl (C=O) groups excluding carboxylic acids is 2. The van der Waals surface area contributed by atoms with E-state index in [0.717, 1.165) is 0 Å². The predicted octanol–water partition coefficient (Wildman–Crippen LogP) is 1.96. The van der Waals surface area contributed by atoms with Gasteiger partial charge in [-0.05, 0) is 32.0 Å². The number of aromatic nitrogens is 1. The van der Waals surface area contributed by atoms with Crippen LogP contribution >= 0.6 is 0 Å². The quantitative estimate of drug-likeness (QED) is 0.810. The fourth-order valence-corrected chi connectivity index (χ4v) is 2.33. The summed E-state index contributed by atoms with van der Waals surface area (Å²) < 4.78 is 15.8. The summed E-state index contributed by atoms with van der Waals surface area (Å²) >= 11 is 0. The fourth-order valence-electron chi connectivity index (χ4n) is 2.33. The van der Waals surface area contributed by atoms with Crippen LogP contribution in [0.25, 0.3) is 11.3 Å². The molecule has 26 heavy (non-hydrogen) atoms. The van der Waals surface area contributed by atoms with Gasteiger partial charge < -0.3 is 24.2 Å². The Morgan fingerprint density at radius 2 is 2.00 bits per heavy atom. The van der Waals surface area contributed by atoms with Gasteiger partial charge >= 0.3 is 0 Å². The molecular formula is C18H23N3O5. The van der Waals surface area contributed by atoms with Crippen molar-refractivity contribution >= 4 is 11.8 Å². The van der Waals surface area contributed by atoms with Gasteiger partial charge in [-0.1, -0.05) is 5.16 Å². The van der Waals surface area contributed by atoms with E-state index >= 15 is 0 Å². The second kappa shape index (κ2) is 8.37. The van der Waals surface area contributed by atoms with Gasteiger partial charge in [-0.3, -0.25) is 9.59 Å². The molecule has 1 heterocycles. The first-order valence-electron chi connectivity index (χ1n) is 8.16. The molecule has 1 unspecified atom stereocenters. The molecule has 1 atom stereocenters. The maximum absolute atomic E-state index is 12.3. The number of methoxy groups -OCH3 is 2. The topological polar surface area (TPSA) is 93.9 Å². The molecular weight excluding hydrogens is 338 g/mol. The van der Waals surface area contributed by atoms with Crippen molar-refractivity contribution in [3.8, 4) is 22.8 Å². The number of likely N-dealkylation sites (N-methyl/N-ethyl adjacent to an activating group) is 1. The summed E-state index contributed by atoms with van der Waals surface area (Å²) in [5, 5.41) is 6.41. The minimum absolute atomic E-state index is 0.0728. The largest absolute Gasteiger partial charge is 0.497 e. The second-order valence-corrected chi connectivity index (χ2v) is 5.69. The maximum atomic E-state index is 12.3. The maximum Gasteiger partial charge on any atom is 0.274 e. The van der Waals surface area contributed by atoms with Crippen molar-refractivity contribution in [2.45, 2.75) is 19.9 Å². The van der Waals surface area contributed by atoms with E-state index in [2.05, 4.69) is 10.5 Å². The zero-order valence-electron chi connectivity index (χ0n) is 15.5. The number of nitrogens with one attached hydrogen (secondary N) is 1. The van der Waals surface area contributed by atoms with Crippen LogP contribution in [0.1, 0.15) is 24.3 Å². The molecule has 0 fully saturated rings. The molecule has 8 nitrogen and oxygen atoms in total. The third-order valence-corrected chi connectivity index (χ3v) is 3.98. The summed E-state index contributed by atoms with van der Waals surface area (Å²) in [4.78, 5) is 25.9. The molecule has 1 aromatic heterocycles. The molecule has 2 rings (SSSR count). The zero-order chi connectivity index (χ0) is 19.3. The summed E-state index contributed by atoms with van der Waals surface area (Å²) in [5.41, 5.74) is 0.678. The normalized spacial score (nSPS) is 11.6. The number of hydrogen-bond donors (Lipinski definition) is 1. The minimum Gasteiger partial charge on any atom is -0.497 e. The van der Waals surface area contributed by atoms with Crippen LogP contribution in [-0.4, -0.2) is 55.7 Å². The summed E-state index contributed by atoms with van der Waals surface area (Å²) in [7, 11) is 4.76. The molecule has 0 bridgehead atoms. The SMILES string of the molecule is CCN(C)C(=O)C(C)NC(=O)c1cc(-c2cc(OC)ccc2OC)on1. The molecule has 2 amide bonds. The van der Waals surface area contributed by atoms with Gasteiger partial charge in [0.2, 0.25) is 5.91 Å². The van der Waals surface area contributed by atoms with Crippen LogP contribution in [0.15, 0.2) is 28.8 Å². The number of amides is 2. The molecule has 0 saturated heterocycles. The highest BCUT2D eigenvalue weighted by Crippen LogP contribution is 2.33. The van der Waals surface area contributed by atoms with Gasteiger partial charge in [0.05, 0.1) is 19.8 Å². The third-order valence-electron chi connectivity index (χ3n) is 3.98. The first kappa shape index (κ1) is 19.3. The minimum atomic E-state index is -0.668. The lowest BCUT2D eigenvalue weighted by Crippen LogP contribution is -2.45. The molecule has 0 aliphatic carbocycles. The molecule has 1 aromatic carbocycles. The van der Waals surface area contributed by atoms with Crippen molar-refractivity contribution in [2.24, 2.45) is 0 Å². The number of benzene rings is 1. The van der Waals surface area contributed by atoms with Crippen LogP contribution in [0, 0.1) is 0 Å². The van der Waals surface area contributed by atoms with Gasteiger partial charge in [-0.25, -0.2) is 0 Å². The Morgan fingerprint density at radius 1 is 1.27 bits per heavy atom. The predicted molar refractivity (Wildman–Crippen MR) is 95.3 cm³/mol. The molecule has 0 saturated carbocycles. The van der Waals surface area contributed by atoms with E-state index in [1.54, 1.807) is 39.3 Å². The average molecular weight is 361 g/mol. The van der Waals surface area contributed by atoms with E-state index in [9.17, 15) is 9.59 Å². The number of hydrogen-bond acceptors (Lipinski definition) is 6. The fraction of sp³-hybridized carbons (Fsp3) is 0.389. The molecule has 8 heteroatoms. The van der Waals surface area contributed by atoms with Crippen molar-refractivity contribution < 1.29 is 23.6 Å². The smallest absolute Gasteiger partial charge is 0.274 e.